The van der Waals surface area contributed by atoms with Gasteiger partial charge in [0.05, 0.1) is 5.92 Å². The fourth-order valence-electron chi connectivity index (χ4n) is 1.91. The molecule has 1 N–H and O–H groups in total. The SMILES string of the molecule is Cc1nnc(SCCCN2C[C@@H](C(=O)O)CC2=O)s1. The Morgan fingerprint density at radius 2 is 2.37 bits per heavy atom. The number of likely N-dealkylation sites (tertiary alicyclic amines) is 1. The van der Waals surface area contributed by atoms with Crippen molar-refractivity contribution in [3.63, 3.8) is 0 Å². The summed E-state index contributed by atoms with van der Waals surface area (Å²) in [6.45, 7) is 2.88. The molecule has 104 valence electrons. The highest BCUT2D eigenvalue weighted by Gasteiger charge is 2.33. The lowest BCUT2D eigenvalue weighted by Gasteiger charge is -2.15. The molecule has 2 rings (SSSR count). The Labute approximate surface area is 119 Å². The smallest absolute Gasteiger partial charge is 0.308 e. The molecule has 1 amide bonds. The van der Waals surface area contributed by atoms with Gasteiger partial charge in [0.2, 0.25) is 5.91 Å². The summed E-state index contributed by atoms with van der Waals surface area (Å²) in [5, 5.41) is 17.8. The molecule has 1 aliphatic heterocycles. The lowest BCUT2D eigenvalue weighted by molar-refractivity contribution is -0.141. The molecule has 1 aromatic heterocycles. The van der Waals surface area contributed by atoms with Crippen molar-refractivity contribution in [3.05, 3.63) is 5.01 Å². The first-order chi connectivity index (χ1) is 9.06. The third-order valence-corrected chi connectivity index (χ3v) is 4.93. The largest absolute Gasteiger partial charge is 0.481 e. The van der Waals surface area contributed by atoms with Crippen LogP contribution in [0, 0.1) is 12.8 Å². The second-order valence-electron chi connectivity index (χ2n) is 4.37. The van der Waals surface area contributed by atoms with Crippen molar-refractivity contribution in [2.45, 2.75) is 24.1 Å². The van der Waals surface area contributed by atoms with Gasteiger partial charge in [0, 0.05) is 25.3 Å². The highest BCUT2D eigenvalue weighted by atomic mass is 32.2. The maximum Gasteiger partial charge on any atom is 0.308 e. The molecule has 6 nitrogen and oxygen atoms in total. The summed E-state index contributed by atoms with van der Waals surface area (Å²) in [5.41, 5.74) is 0. The van der Waals surface area contributed by atoms with Crippen molar-refractivity contribution in [1.29, 1.82) is 0 Å². The number of aromatic nitrogens is 2. The summed E-state index contributed by atoms with van der Waals surface area (Å²) in [4.78, 5) is 24.0. The maximum atomic E-state index is 11.6. The van der Waals surface area contributed by atoms with Gasteiger partial charge in [-0.15, -0.1) is 10.2 Å². The van der Waals surface area contributed by atoms with Gasteiger partial charge in [0.15, 0.2) is 4.34 Å². The second-order valence-corrected chi connectivity index (χ2v) is 6.89. The van der Waals surface area contributed by atoms with E-state index in [9.17, 15) is 9.59 Å². The van der Waals surface area contributed by atoms with E-state index in [1.165, 1.54) is 0 Å². The van der Waals surface area contributed by atoms with Gasteiger partial charge in [-0.25, -0.2) is 0 Å². The van der Waals surface area contributed by atoms with Crippen LogP contribution >= 0.6 is 23.1 Å². The molecule has 0 radical (unpaired) electrons. The molecule has 2 heterocycles. The van der Waals surface area contributed by atoms with E-state index in [1.54, 1.807) is 28.0 Å². The number of amides is 1. The molecule has 0 unspecified atom stereocenters. The molecule has 1 aromatic rings. The topological polar surface area (TPSA) is 83.4 Å². The lowest BCUT2D eigenvalue weighted by Crippen LogP contribution is -2.27. The number of carboxylic acid groups (broad SMARTS) is 1. The number of carbonyl (C=O) groups is 2. The van der Waals surface area contributed by atoms with Crippen molar-refractivity contribution < 1.29 is 14.7 Å². The van der Waals surface area contributed by atoms with Crippen molar-refractivity contribution in [3.8, 4) is 0 Å². The number of rotatable bonds is 6. The van der Waals surface area contributed by atoms with Crippen LogP contribution in [0.2, 0.25) is 0 Å². The molecular weight excluding hydrogens is 286 g/mol. The van der Waals surface area contributed by atoms with Crippen molar-refractivity contribution in [2.24, 2.45) is 5.92 Å². The van der Waals surface area contributed by atoms with Gasteiger partial charge in [-0.1, -0.05) is 23.1 Å². The van der Waals surface area contributed by atoms with Crippen LogP contribution in [-0.4, -0.2) is 50.9 Å². The number of thioether (sulfide) groups is 1. The first-order valence-electron chi connectivity index (χ1n) is 5.99. The Morgan fingerprint density at radius 1 is 1.58 bits per heavy atom. The van der Waals surface area contributed by atoms with E-state index >= 15 is 0 Å². The van der Waals surface area contributed by atoms with E-state index in [1.807, 2.05) is 6.92 Å². The Morgan fingerprint density at radius 3 is 2.95 bits per heavy atom. The number of hydrogen-bond acceptors (Lipinski definition) is 6. The quantitative estimate of drug-likeness (QED) is 0.629. The number of carboxylic acids is 1. The first-order valence-corrected chi connectivity index (χ1v) is 7.80. The maximum absolute atomic E-state index is 11.6. The second kappa shape index (κ2) is 6.33. The highest BCUT2D eigenvalue weighted by Crippen LogP contribution is 2.23. The molecular formula is C11H15N3O3S2. The fraction of sp³-hybridized carbons (Fsp3) is 0.636. The Hall–Kier alpha value is -1.15. The van der Waals surface area contributed by atoms with E-state index in [2.05, 4.69) is 10.2 Å². The van der Waals surface area contributed by atoms with E-state index in [0.717, 1.165) is 21.5 Å². The first kappa shape index (κ1) is 14.3. The van der Waals surface area contributed by atoms with E-state index in [4.69, 9.17) is 5.11 Å². The predicted octanol–water partition coefficient (Wildman–Crippen LogP) is 1.26. The van der Waals surface area contributed by atoms with Crippen LogP contribution < -0.4 is 0 Å². The Kier molecular flexibility index (Phi) is 4.76. The molecule has 8 heteroatoms. The van der Waals surface area contributed by atoms with Crippen LogP contribution in [-0.2, 0) is 9.59 Å². The molecule has 0 aliphatic carbocycles. The van der Waals surface area contributed by atoms with Crippen LogP contribution in [0.15, 0.2) is 4.34 Å². The molecule has 0 bridgehead atoms. The normalized spacial score (nSPS) is 19.1. The number of nitrogens with zero attached hydrogens (tertiary/aromatic N) is 3. The monoisotopic (exact) mass is 301 g/mol. The van der Waals surface area contributed by atoms with Gasteiger partial charge in [-0.05, 0) is 13.3 Å². The average Bonchev–Trinajstić information content (AvgIpc) is 2.92. The zero-order chi connectivity index (χ0) is 13.8. The highest BCUT2D eigenvalue weighted by molar-refractivity contribution is 8.01. The van der Waals surface area contributed by atoms with Gasteiger partial charge >= 0.3 is 5.97 Å². The van der Waals surface area contributed by atoms with Crippen molar-refractivity contribution in [1.82, 2.24) is 15.1 Å². The Bertz CT molecular complexity index is 478. The van der Waals surface area contributed by atoms with E-state index in [0.29, 0.717) is 13.1 Å². The fourth-order valence-corrected chi connectivity index (χ4v) is 3.72. The number of hydrogen-bond donors (Lipinski definition) is 1. The summed E-state index contributed by atoms with van der Waals surface area (Å²) in [5.74, 6) is -0.611. The average molecular weight is 301 g/mol. The molecule has 1 saturated heterocycles. The Balaban J connectivity index is 1.68. The number of carbonyl (C=O) groups excluding carboxylic acids is 1. The summed E-state index contributed by atoms with van der Waals surface area (Å²) >= 11 is 3.18. The number of aliphatic carboxylic acids is 1. The van der Waals surface area contributed by atoms with Crippen LogP contribution in [0.25, 0.3) is 0 Å². The van der Waals surface area contributed by atoms with Gasteiger partial charge in [0.25, 0.3) is 0 Å². The molecule has 1 aliphatic rings. The van der Waals surface area contributed by atoms with Gasteiger partial charge in [-0.3, -0.25) is 9.59 Å². The zero-order valence-corrected chi connectivity index (χ0v) is 12.2. The summed E-state index contributed by atoms with van der Waals surface area (Å²) in [6.07, 6.45) is 0.972. The minimum atomic E-state index is -0.880. The van der Waals surface area contributed by atoms with Crippen LogP contribution in [0.5, 0.6) is 0 Å². The third-order valence-electron chi connectivity index (χ3n) is 2.87. The number of aryl methyl sites for hydroxylation is 1. The minimum absolute atomic E-state index is 0.0517. The van der Waals surface area contributed by atoms with Crippen LogP contribution in [0.3, 0.4) is 0 Å². The standard InChI is InChI=1S/C11H15N3O3S2/c1-7-12-13-11(19-7)18-4-2-3-14-6-8(10(16)17)5-9(14)15/h8H,2-6H2,1H3,(H,16,17)/t8-/m0/s1. The van der Waals surface area contributed by atoms with E-state index in [-0.39, 0.29) is 12.3 Å². The van der Waals surface area contributed by atoms with Crippen LogP contribution in [0.1, 0.15) is 17.8 Å². The van der Waals surface area contributed by atoms with Crippen molar-refractivity contribution >= 4 is 35.0 Å². The molecule has 1 atom stereocenters. The van der Waals surface area contributed by atoms with Gasteiger partial charge < -0.3 is 10.0 Å². The minimum Gasteiger partial charge on any atom is -0.481 e. The molecule has 0 aromatic carbocycles. The molecule has 0 saturated carbocycles. The molecule has 19 heavy (non-hydrogen) atoms. The summed E-state index contributed by atoms with van der Waals surface area (Å²) < 4.78 is 0.939. The lowest BCUT2D eigenvalue weighted by atomic mass is 10.1. The summed E-state index contributed by atoms with van der Waals surface area (Å²) in [6, 6.07) is 0. The van der Waals surface area contributed by atoms with Gasteiger partial charge in [0.1, 0.15) is 5.01 Å². The van der Waals surface area contributed by atoms with Gasteiger partial charge in [-0.2, -0.15) is 0 Å². The zero-order valence-electron chi connectivity index (χ0n) is 10.5. The summed E-state index contributed by atoms with van der Waals surface area (Å²) in [7, 11) is 0. The van der Waals surface area contributed by atoms with E-state index < -0.39 is 11.9 Å². The third kappa shape index (κ3) is 3.90. The predicted molar refractivity (Wildman–Crippen MR) is 72.3 cm³/mol. The van der Waals surface area contributed by atoms with Crippen molar-refractivity contribution in [2.75, 3.05) is 18.8 Å². The molecule has 0 spiro atoms. The molecule has 1 fully saturated rings. The van der Waals surface area contributed by atoms with Crippen LogP contribution in [0.4, 0.5) is 0 Å².